The van der Waals surface area contributed by atoms with Crippen LogP contribution in [0.3, 0.4) is 0 Å². The van der Waals surface area contributed by atoms with Crippen LogP contribution < -0.4 is 0 Å². The van der Waals surface area contributed by atoms with Crippen LogP contribution in [0.2, 0.25) is 0 Å². The van der Waals surface area contributed by atoms with E-state index in [0.717, 1.165) is 6.42 Å². The monoisotopic (exact) mass is 262 g/mol. The Bertz CT molecular complexity index is 402. The molecule has 5 nitrogen and oxygen atoms in total. The van der Waals surface area contributed by atoms with Gasteiger partial charge in [-0.05, 0) is 31.1 Å². The van der Waals surface area contributed by atoms with E-state index < -0.39 is 15.4 Å². The highest BCUT2D eigenvalue weighted by Crippen LogP contribution is 2.49. The summed E-state index contributed by atoms with van der Waals surface area (Å²) in [6.45, 7) is 1.76. The molecule has 98 valence electrons. The van der Waals surface area contributed by atoms with E-state index in [2.05, 4.69) is 4.18 Å². The van der Waals surface area contributed by atoms with Crippen LogP contribution in [0.15, 0.2) is 0 Å². The maximum atomic E-state index is 11.6. The molecule has 2 aliphatic rings. The lowest BCUT2D eigenvalue weighted by atomic mass is 9.97. The van der Waals surface area contributed by atoms with Gasteiger partial charge >= 0.3 is 5.97 Å². The van der Waals surface area contributed by atoms with E-state index in [1.165, 1.54) is 7.11 Å². The van der Waals surface area contributed by atoms with Gasteiger partial charge in [0, 0.05) is 6.42 Å². The van der Waals surface area contributed by atoms with E-state index in [-0.39, 0.29) is 23.9 Å². The number of hydrogen-bond donors (Lipinski definition) is 0. The molecule has 4 atom stereocenters. The summed E-state index contributed by atoms with van der Waals surface area (Å²) in [5.74, 6) is 0.0683. The molecule has 0 aliphatic heterocycles. The van der Waals surface area contributed by atoms with E-state index in [1.807, 2.05) is 0 Å². The van der Waals surface area contributed by atoms with Gasteiger partial charge in [0.1, 0.15) is 6.10 Å². The normalized spacial score (nSPS) is 36.1. The summed E-state index contributed by atoms with van der Waals surface area (Å²) < 4.78 is 33.2. The number of esters is 1. The van der Waals surface area contributed by atoms with E-state index >= 15 is 0 Å². The number of carbonyl (C=O) groups excluding carboxylic acids is 1. The number of carbonyl (C=O) groups is 1. The van der Waals surface area contributed by atoms with Crippen molar-refractivity contribution in [3.63, 3.8) is 0 Å². The zero-order chi connectivity index (χ0) is 12.6. The Hall–Kier alpha value is -0.620. The summed E-state index contributed by atoms with van der Waals surface area (Å²) in [7, 11) is -2.22. The smallest absolute Gasteiger partial charge is 0.305 e. The molecule has 4 unspecified atom stereocenters. The maximum Gasteiger partial charge on any atom is 0.305 e. The van der Waals surface area contributed by atoms with Gasteiger partial charge in [-0.25, -0.2) is 0 Å². The van der Waals surface area contributed by atoms with Gasteiger partial charge in [0.15, 0.2) is 0 Å². The van der Waals surface area contributed by atoms with Gasteiger partial charge in [-0.1, -0.05) is 6.92 Å². The average molecular weight is 262 g/mol. The average Bonchev–Trinajstić information content (AvgIpc) is 2.88. The van der Waals surface area contributed by atoms with Crippen LogP contribution in [0.5, 0.6) is 0 Å². The van der Waals surface area contributed by atoms with Crippen LogP contribution in [0.1, 0.15) is 32.6 Å². The van der Waals surface area contributed by atoms with Gasteiger partial charge in [0.05, 0.1) is 12.4 Å². The third-order valence-electron chi connectivity index (χ3n) is 3.90. The third-order valence-corrected chi connectivity index (χ3v) is 5.69. The number of rotatable bonds is 4. The molecule has 0 aromatic heterocycles. The van der Waals surface area contributed by atoms with E-state index in [4.69, 9.17) is 4.74 Å². The highest BCUT2D eigenvalue weighted by atomic mass is 32.2. The molecule has 0 spiro atoms. The summed E-state index contributed by atoms with van der Waals surface area (Å²) in [6, 6.07) is 0. The molecule has 2 aliphatic carbocycles. The highest BCUT2D eigenvalue weighted by Gasteiger charge is 2.52. The Labute approximate surface area is 102 Å². The van der Waals surface area contributed by atoms with Crippen molar-refractivity contribution in [3.8, 4) is 0 Å². The van der Waals surface area contributed by atoms with Crippen molar-refractivity contribution in [2.75, 3.05) is 7.11 Å². The standard InChI is InChI=1S/C11H18O5S/c1-3-11(12)16-9-5-8-4-7(9)6-10(8)17(13,14)15-2/h7-10H,3-6H2,1-2H3. The molecule has 0 amide bonds. The minimum absolute atomic E-state index is 0.0830. The highest BCUT2D eigenvalue weighted by molar-refractivity contribution is 7.87. The van der Waals surface area contributed by atoms with Crippen molar-refractivity contribution >= 4 is 16.1 Å². The first-order valence-corrected chi connectivity index (χ1v) is 7.44. The minimum Gasteiger partial charge on any atom is -0.462 e. The van der Waals surface area contributed by atoms with Gasteiger partial charge in [0.2, 0.25) is 0 Å². The predicted molar refractivity (Wildman–Crippen MR) is 60.7 cm³/mol. The fourth-order valence-corrected chi connectivity index (χ4v) is 4.47. The largest absolute Gasteiger partial charge is 0.462 e. The summed E-state index contributed by atoms with van der Waals surface area (Å²) in [5, 5.41) is -0.408. The lowest BCUT2D eigenvalue weighted by molar-refractivity contribution is -0.151. The Morgan fingerprint density at radius 2 is 1.94 bits per heavy atom. The summed E-state index contributed by atoms with van der Waals surface area (Å²) in [6.07, 6.45) is 2.32. The molecule has 0 N–H and O–H groups in total. The first kappa shape index (κ1) is 12.8. The van der Waals surface area contributed by atoms with Crippen LogP contribution in [0.4, 0.5) is 0 Å². The maximum absolute atomic E-state index is 11.6. The van der Waals surface area contributed by atoms with Gasteiger partial charge < -0.3 is 4.74 Å². The SMILES string of the molecule is CCC(=O)OC1CC2CC1CC2S(=O)(=O)OC. The second kappa shape index (κ2) is 4.57. The number of fused-ring (bicyclic) bond motifs is 2. The molecule has 0 radical (unpaired) electrons. The van der Waals surface area contributed by atoms with Crippen molar-refractivity contribution in [1.82, 2.24) is 0 Å². The van der Waals surface area contributed by atoms with Gasteiger partial charge in [-0.3, -0.25) is 8.98 Å². The molecular formula is C11H18O5S. The zero-order valence-electron chi connectivity index (χ0n) is 10.1. The summed E-state index contributed by atoms with van der Waals surface area (Å²) in [4.78, 5) is 11.2. The van der Waals surface area contributed by atoms with Crippen LogP contribution in [-0.4, -0.2) is 32.9 Å². The number of hydrogen-bond acceptors (Lipinski definition) is 5. The lowest BCUT2D eigenvalue weighted by Crippen LogP contribution is -2.34. The molecule has 0 saturated heterocycles. The van der Waals surface area contributed by atoms with Gasteiger partial charge in [-0.2, -0.15) is 8.42 Å². The van der Waals surface area contributed by atoms with Crippen molar-refractivity contribution < 1.29 is 22.1 Å². The van der Waals surface area contributed by atoms with E-state index in [9.17, 15) is 13.2 Å². The fraction of sp³-hybridized carbons (Fsp3) is 0.909. The second-order valence-electron chi connectivity index (χ2n) is 4.81. The first-order chi connectivity index (χ1) is 7.97. The van der Waals surface area contributed by atoms with Crippen LogP contribution in [0, 0.1) is 11.8 Å². The third kappa shape index (κ3) is 2.33. The van der Waals surface area contributed by atoms with Gasteiger partial charge in [0.25, 0.3) is 10.1 Å². The lowest BCUT2D eigenvalue weighted by Gasteiger charge is -2.26. The first-order valence-electron chi connectivity index (χ1n) is 5.96. The van der Waals surface area contributed by atoms with E-state index in [1.54, 1.807) is 6.92 Å². The van der Waals surface area contributed by atoms with Crippen LogP contribution in [-0.2, 0) is 23.8 Å². The molecule has 17 heavy (non-hydrogen) atoms. The van der Waals surface area contributed by atoms with Crippen molar-refractivity contribution in [2.45, 2.75) is 44.0 Å². The zero-order valence-corrected chi connectivity index (χ0v) is 10.9. The molecule has 2 rings (SSSR count). The minimum atomic E-state index is -3.43. The molecule has 0 aromatic carbocycles. The molecule has 0 heterocycles. The van der Waals surface area contributed by atoms with Gasteiger partial charge in [-0.15, -0.1) is 0 Å². The topological polar surface area (TPSA) is 69.7 Å². The summed E-state index contributed by atoms with van der Waals surface area (Å²) in [5.41, 5.74) is 0. The van der Waals surface area contributed by atoms with Crippen LogP contribution in [0.25, 0.3) is 0 Å². The molecule has 2 saturated carbocycles. The fourth-order valence-electron chi connectivity index (χ4n) is 3.04. The van der Waals surface area contributed by atoms with Crippen molar-refractivity contribution in [1.29, 1.82) is 0 Å². The number of ether oxygens (including phenoxy) is 1. The van der Waals surface area contributed by atoms with Crippen molar-refractivity contribution in [3.05, 3.63) is 0 Å². The molecule has 6 heteroatoms. The molecular weight excluding hydrogens is 244 g/mol. The Morgan fingerprint density at radius 3 is 2.41 bits per heavy atom. The van der Waals surface area contributed by atoms with E-state index in [0.29, 0.717) is 19.3 Å². The molecule has 2 fully saturated rings. The molecule has 2 bridgehead atoms. The second-order valence-corrected chi connectivity index (χ2v) is 6.73. The Balaban J connectivity index is 1.99. The van der Waals surface area contributed by atoms with Crippen molar-refractivity contribution in [2.24, 2.45) is 11.8 Å². The summed E-state index contributed by atoms with van der Waals surface area (Å²) >= 11 is 0. The predicted octanol–water partition coefficient (Wildman–Crippen LogP) is 1.08. The Morgan fingerprint density at radius 1 is 1.24 bits per heavy atom. The Kier molecular flexibility index (Phi) is 3.45. The van der Waals surface area contributed by atoms with Crippen LogP contribution >= 0.6 is 0 Å². The molecule has 0 aromatic rings. The quantitative estimate of drug-likeness (QED) is 0.560.